The molecule has 0 radical (unpaired) electrons. The van der Waals surface area contributed by atoms with E-state index in [9.17, 15) is 18.5 Å². The van der Waals surface area contributed by atoms with Gasteiger partial charge in [-0.2, -0.15) is 4.31 Å². The number of methoxy groups -OCH3 is 1. The molecule has 0 atom stereocenters. The minimum atomic E-state index is -3.98. The summed E-state index contributed by atoms with van der Waals surface area (Å²) in [7, 11) is -1.28. The number of nitrogens with zero attached hydrogens (tertiary/aromatic N) is 2. The predicted octanol–water partition coefficient (Wildman–Crippen LogP) is 3.08. The van der Waals surface area contributed by atoms with Gasteiger partial charge < -0.3 is 4.74 Å². The first-order valence-corrected chi connectivity index (χ1v) is 8.60. The van der Waals surface area contributed by atoms with Crippen LogP contribution >= 0.6 is 11.6 Å². The van der Waals surface area contributed by atoms with Crippen LogP contribution in [-0.4, -0.2) is 31.8 Å². The van der Waals surface area contributed by atoms with E-state index >= 15 is 0 Å². The normalized spacial score (nSPS) is 11.5. The third kappa shape index (κ3) is 3.84. The Morgan fingerprint density at radius 1 is 1.21 bits per heavy atom. The van der Waals surface area contributed by atoms with Gasteiger partial charge in [-0.25, -0.2) is 8.42 Å². The first kappa shape index (κ1) is 18.2. The molecule has 0 heterocycles. The van der Waals surface area contributed by atoms with Gasteiger partial charge in [-0.05, 0) is 23.8 Å². The molecule has 2 aromatic rings. The lowest BCUT2D eigenvalue weighted by molar-refractivity contribution is -0.385. The van der Waals surface area contributed by atoms with E-state index in [0.717, 1.165) is 15.9 Å². The van der Waals surface area contributed by atoms with Gasteiger partial charge in [-0.1, -0.05) is 23.7 Å². The number of nitro groups is 1. The fraction of sp³-hybridized carbons (Fsp3) is 0.200. The summed E-state index contributed by atoms with van der Waals surface area (Å²) >= 11 is 5.81. The number of rotatable bonds is 6. The van der Waals surface area contributed by atoms with Crippen molar-refractivity contribution in [2.45, 2.75) is 11.4 Å². The third-order valence-electron chi connectivity index (χ3n) is 3.36. The van der Waals surface area contributed by atoms with Crippen molar-refractivity contribution in [2.75, 3.05) is 14.2 Å². The molecular weight excluding hydrogens is 356 g/mol. The third-order valence-corrected chi connectivity index (χ3v) is 5.44. The molecule has 9 heteroatoms. The minimum absolute atomic E-state index is 0.0450. The fourth-order valence-electron chi connectivity index (χ4n) is 2.08. The van der Waals surface area contributed by atoms with Crippen LogP contribution in [0.3, 0.4) is 0 Å². The summed E-state index contributed by atoms with van der Waals surface area (Å²) in [6, 6.07) is 10.2. The molecule has 0 aliphatic rings. The molecule has 0 bridgehead atoms. The smallest absolute Gasteiger partial charge is 0.271 e. The summed E-state index contributed by atoms with van der Waals surface area (Å²) < 4.78 is 31.6. The van der Waals surface area contributed by atoms with Gasteiger partial charge in [0.2, 0.25) is 10.0 Å². The van der Waals surface area contributed by atoms with Gasteiger partial charge >= 0.3 is 0 Å². The molecular formula is C15H15ClN2O5S. The molecule has 2 rings (SSSR count). The molecule has 0 aromatic heterocycles. The average Bonchev–Trinajstić information content (AvgIpc) is 2.56. The van der Waals surface area contributed by atoms with Crippen molar-refractivity contribution in [2.24, 2.45) is 0 Å². The highest BCUT2D eigenvalue weighted by molar-refractivity contribution is 7.89. The van der Waals surface area contributed by atoms with E-state index in [0.29, 0.717) is 5.02 Å². The molecule has 0 unspecified atom stereocenters. The fourth-order valence-corrected chi connectivity index (χ4v) is 3.54. The van der Waals surface area contributed by atoms with E-state index in [1.807, 2.05) is 0 Å². The molecule has 0 aliphatic carbocycles. The van der Waals surface area contributed by atoms with Crippen LogP contribution in [0, 0.1) is 10.1 Å². The van der Waals surface area contributed by atoms with E-state index in [1.54, 1.807) is 24.3 Å². The Bertz CT molecular complexity index is 853. The number of non-ortho nitro benzene ring substituents is 1. The highest BCUT2D eigenvalue weighted by Gasteiger charge is 2.27. The second-order valence-electron chi connectivity index (χ2n) is 4.98. The maximum Gasteiger partial charge on any atom is 0.271 e. The molecule has 0 saturated heterocycles. The lowest BCUT2D eigenvalue weighted by Gasteiger charge is -2.19. The van der Waals surface area contributed by atoms with E-state index in [4.69, 9.17) is 16.3 Å². The molecule has 0 fully saturated rings. The largest absolute Gasteiger partial charge is 0.495 e. The summed E-state index contributed by atoms with van der Waals surface area (Å²) in [6.45, 7) is 0.0886. The number of ether oxygens (including phenoxy) is 1. The number of sulfonamides is 1. The van der Waals surface area contributed by atoms with E-state index in [1.165, 1.54) is 26.3 Å². The zero-order valence-corrected chi connectivity index (χ0v) is 14.5. The van der Waals surface area contributed by atoms with E-state index in [-0.39, 0.29) is 22.9 Å². The molecule has 2 aromatic carbocycles. The van der Waals surface area contributed by atoms with Crippen molar-refractivity contribution in [3.05, 3.63) is 63.2 Å². The molecule has 7 nitrogen and oxygen atoms in total. The zero-order valence-electron chi connectivity index (χ0n) is 13.0. The standard InChI is InChI=1S/C15H15ClN2O5S/c1-17(10-11-3-5-12(16)6-4-11)24(21,22)15-9-13(18(19)20)7-8-14(15)23-2/h3-9H,10H2,1-2H3. The van der Waals surface area contributed by atoms with Crippen LogP contribution in [-0.2, 0) is 16.6 Å². The molecule has 24 heavy (non-hydrogen) atoms. The molecule has 0 spiro atoms. The van der Waals surface area contributed by atoms with Crippen LogP contribution in [0.2, 0.25) is 5.02 Å². The van der Waals surface area contributed by atoms with Crippen molar-refractivity contribution in [3.8, 4) is 5.75 Å². The highest BCUT2D eigenvalue weighted by atomic mass is 35.5. The Morgan fingerprint density at radius 3 is 2.38 bits per heavy atom. The Kier molecular flexibility index (Phi) is 5.43. The Morgan fingerprint density at radius 2 is 1.83 bits per heavy atom. The van der Waals surface area contributed by atoms with Crippen LogP contribution in [0.1, 0.15) is 5.56 Å². The maximum absolute atomic E-state index is 12.8. The lowest BCUT2D eigenvalue weighted by atomic mass is 10.2. The van der Waals surface area contributed by atoms with Gasteiger partial charge in [0.15, 0.2) is 0 Å². The molecule has 0 aliphatic heterocycles. The molecule has 0 amide bonds. The Hall–Kier alpha value is -2.16. The van der Waals surface area contributed by atoms with Crippen LogP contribution in [0.25, 0.3) is 0 Å². The van der Waals surface area contributed by atoms with Crippen LogP contribution in [0.5, 0.6) is 5.75 Å². The summed E-state index contributed by atoms with van der Waals surface area (Å²) in [4.78, 5) is 10.0. The lowest BCUT2D eigenvalue weighted by Crippen LogP contribution is -2.27. The molecule has 0 saturated carbocycles. The first-order valence-electron chi connectivity index (χ1n) is 6.79. The van der Waals surface area contributed by atoms with Crippen molar-refractivity contribution in [1.82, 2.24) is 4.31 Å². The van der Waals surface area contributed by atoms with Gasteiger partial charge in [0.1, 0.15) is 10.6 Å². The monoisotopic (exact) mass is 370 g/mol. The van der Waals surface area contributed by atoms with Crippen LogP contribution in [0.4, 0.5) is 5.69 Å². The number of hydrogen-bond acceptors (Lipinski definition) is 5. The van der Waals surface area contributed by atoms with Crippen molar-refractivity contribution in [1.29, 1.82) is 0 Å². The summed E-state index contributed by atoms with van der Waals surface area (Å²) in [5, 5.41) is 11.5. The summed E-state index contributed by atoms with van der Waals surface area (Å²) in [5.74, 6) is 0.0450. The van der Waals surface area contributed by atoms with Gasteiger partial charge in [0.05, 0.1) is 12.0 Å². The highest BCUT2D eigenvalue weighted by Crippen LogP contribution is 2.30. The molecule has 0 N–H and O–H groups in total. The number of benzene rings is 2. The van der Waals surface area contributed by atoms with Gasteiger partial charge in [0, 0.05) is 30.7 Å². The van der Waals surface area contributed by atoms with E-state index in [2.05, 4.69) is 0 Å². The number of nitro benzene ring substituents is 1. The number of hydrogen-bond donors (Lipinski definition) is 0. The summed E-state index contributed by atoms with van der Waals surface area (Å²) in [5.41, 5.74) is 0.407. The zero-order chi connectivity index (χ0) is 17.9. The van der Waals surface area contributed by atoms with Crippen LogP contribution < -0.4 is 4.74 Å². The second-order valence-corrected chi connectivity index (χ2v) is 7.43. The quantitative estimate of drug-likeness (QED) is 0.575. The summed E-state index contributed by atoms with van der Waals surface area (Å²) in [6.07, 6.45) is 0. The van der Waals surface area contributed by atoms with Gasteiger partial charge in [-0.3, -0.25) is 10.1 Å². The topological polar surface area (TPSA) is 89.7 Å². The SMILES string of the molecule is COc1ccc([N+](=O)[O-])cc1S(=O)(=O)N(C)Cc1ccc(Cl)cc1. The van der Waals surface area contributed by atoms with Gasteiger partial charge in [-0.15, -0.1) is 0 Å². The van der Waals surface area contributed by atoms with Crippen molar-refractivity contribution in [3.63, 3.8) is 0 Å². The van der Waals surface area contributed by atoms with E-state index < -0.39 is 14.9 Å². The van der Waals surface area contributed by atoms with Crippen molar-refractivity contribution >= 4 is 27.3 Å². The van der Waals surface area contributed by atoms with Crippen molar-refractivity contribution < 1.29 is 18.1 Å². The average molecular weight is 371 g/mol. The van der Waals surface area contributed by atoms with Gasteiger partial charge in [0.25, 0.3) is 5.69 Å². The predicted molar refractivity (Wildman–Crippen MR) is 89.8 cm³/mol. The first-order chi connectivity index (χ1) is 11.3. The minimum Gasteiger partial charge on any atom is -0.495 e. The Balaban J connectivity index is 2.39. The molecule has 128 valence electrons. The maximum atomic E-state index is 12.8. The second kappa shape index (κ2) is 7.16. The Labute approximate surface area is 144 Å². The number of halogens is 1. The van der Waals surface area contributed by atoms with Crippen LogP contribution in [0.15, 0.2) is 47.4 Å².